The number of benzene rings is 2. The quantitative estimate of drug-likeness (QED) is 0.592. The second-order valence-electron chi connectivity index (χ2n) is 4.68. The molecule has 0 heterocycles. The maximum absolute atomic E-state index is 12.3. The summed E-state index contributed by atoms with van der Waals surface area (Å²) in [5.74, 6) is -0.435. The van der Waals surface area contributed by atoms with Gasteiger partial charge in [0.15, 0.2) is 17.3 Å². The zero-order valence-electron chi connectivity index (χ0n) is 12.7. The minimum absolute atomic E-state index is 0.0426. The van der Waals surface area contributed by atoms with Gasteiger partial charge in [-0.1, -0.05) is 18.2 Å². The first-order chi connectivity index (χ1) is 11.5. The minimum Gasteiger partial charge on any atom is -0.493 e. The number of hydrogen-bond acceptors (Lipinski definition) is 4. The van der Waals surface area contributed by atoms with Gasteiger partial charge in [0, 0.05) is 5.56 Å². The molecule has 0 aliphatic rings. The van der Waals surface area contributed by atoms with Gasteiger partial charge in [-0.3, -0.25) is 4.79 Å². The summed E-state index contributed by atoms with van der Waals surface area (Å²) in [5.41, 5.74) is 1.45. The van der Waals surface area contributed by atoms with Crippen molar-refractivity contribution in [3.05, 3.63) is 65.2 Å². The van der Waals surface area contributed by atoms with Crippen LogP contribution in [0.4, 0.5) is 8.78 Å². The lowest BCUT2D eigenvalue weighted by atomic mass is 10.1. The number of ketones is 1. The molecule has 0 aromatic heterocycles. The van der Waals surface area contributed by atoms with Gasteiger partial charge in [-0.05, 0) is 42.0 Å². The van der Waals surface area contributed by atoms with Crippen LogP contribution in [0.25, 0.3) is 6.08 Å². The minimum atomic E-state index is -2.98. The molecule has 0 amide bonds. The molecule has 0 spiro atoms. The molecule has 0 aliphatic carbocycles. The highest BCUT2D eigenvalue weighted by Crippen LogP contribution is 2.29. The van der Waals surface area contributed by atoms with Crippen LogP contribution in [0.15, 0.2) is 48.5 Å². The Morgan fingerprint density at radius 2 is 2.00 bits per heavy atom. The standard InChI is InChI=1S/C18H13F2NO3/c1-23-17-10-14(6-8-16(17)24-18(19)20)15(22)7-5-12-3-2-4-13(9-12)11-21/h2-10,18H,1H3/b7-5+. The van der Waals surface area contributed by atoms with Crippen molar-refractivity contribution >= 4 is 11.9 Å². The number of methoxy groups -OCH3 is 1. The van der Waals surface area contributed by atoms with Gasteiger partial charge in [-0.2, -0.15) is 14.0 Å². The maximum Gasteiger partial charge on any atom is 0.387 e. The summed E-state index contributed by atoms with van der Waals surface area (Å²) in [5, 5.41) is 8.84. The van der Waals surface area contributed by atoms with Crippen molar-refractivity contribution in [3.8, 4) is 17.6 Å². The molecule has 24 heavy (non-hydrogen) atoms. The maximum atomic E-state index is 12.3. The molecule has 0 atom stereocenters. The molecule has 0 fully saturated rings. The number of rotatable bonds is 6. The number of halogens is 2. The molecule has 0 bridgehead atoms. The third kappa shape index (κ3) is 4.40. The molecule has 2 rings (SSSR count). The van der Waals surface area contributed by atoms with Crippen LogP contribution in [0.1, 0.15) is 21.5 Å². The first kappa shape index (κ1) is 17.2. The molecule has 0 unspecified atom stereocenters. The Hall–Kier alpha value is -3.20. The lowest BCUT2D eigenvalue weighted by molar-refractivity contribution is -0.0512. The fourth-order valence-electron chi connectivity index (χ4n) is 1.99. The molecular weight excluding hydrogens is 316 g/mol. The zero-order chi connectivity index (χ0) is 17.5. The smallest absolute Gasteiger partial charge is 0.387 e. The number of allylic oxidation sites excluding steroid dienone is 1. The van der Waals surface area contributed by atoms with E-state index in [1.165, 1.54) is 31.4 Å². The normalized spacial score (nSPS) is 10.6. The molecule has 0 radical (unpaired) electrons. The van der Waals surface area contributed by atoms with E-state index in [0.717, 1.165) is 0 Å². The summed E-state index contributed by atoms with van der Waals surface area (Å²) in [7, 11) is 1.30. The molecule has 0 N–H and O–H groups in total. The second-order valence-corrected chi connectivity index (χ2v) is 4.68. The van der Waals surface area contributed by atoms with Crippen LogP contribution in [-0.2, 0) is 0 Å². The Morgan fingerprint density at radius 1 is 1.21 bits per heavy atom. The van der Waals surface area contributed by atoms with Crippen molar-refractivity contribution in [1.29, 1.82) is 5.26 Å². The summed E-state index contributed by atoms with van der Waals surface area (Å²) in [6.45, 7) is -2.98. The molecule has 0 saturated carbocycles. The number of nitriles is 1. The van der Waals surface area contributed by atoms with E-state index in [1.807, 2.05) is 6.07 Å². The van der Waals surface area contributed by atoms with E-state index in [0.29, 0.717) is 11.1 Å². The van der Waals surface area contributed by atoms with Gasteiger partial charge in [0.1, 0.15) is 0 Å². The third-order valence-corrected chi connectivity index (χ3v) is 3.11. The highest BCUT2D eigenvalue weighted by molar-refractivity contribution is 6.07. The van der Waals surface area contributed by atoms with E-state index >= 15 is 0 Å². The molecular formula is C18H13F2NO3. The van der Waals surface area contributed by atoms with Crippen LogP contribution >= 0.6 is 0 Å². The number of nitrogens with zero attached hydrogens (tertiary/aromatic N) is 1. The van der Waals surface area contributed by atoms with Crippen LogP contribution in [0.5, 0.6) is 11.5 Å². The molecule has 122 valence electrons. The van der Waals surface area contributed by atoms with E-state index in [-0.39, 0.29) is 22.8 Å². The summed E-state index contributed by atoms with van der Waals surface area (Å²) >= 11 is 0. The number of carbonyl (C=O) groups excluding carboxylic acids is 1. The predicted octanol–water partition coefficient (Wildman–Crippen LogP) is 4.06. The lowest BCUT2D eigenvalue weighted by Crippen LogP contribution is -2.04. The Bertz CT molecular complexity index is 810. The van der Waals surface area contributed by atoms with Crippen LogP contribution in [0, 0.1) is 11.3 Å². The Kier molecular flexibility index (Phi) is 5.63. The van der Waals surface area contributed by atoms with Crippen molar-refractivity contribution in [2.75, 3.05) is 7.11 Å². The Balaban J connectivity index is 2.20. The molecule has 0 aliphatic heterocycles. The van der Waals surface area contributed by atoms with Crippen molar-refractivity contribution in [3.63, 3.8) is 0 Å². The van der Waals surface area contributed by atoms with Crippen LogP contribution in [-0.4, -0.2) is 19.5 Å². The first-order valence-corrected chi connectivity index (χ1v) is 6.89. The van der Waals surface area contributed by atoms with Gasteiger partial charge in [0.2, 0.25) is 0 Å². The van der Waals surface area contributed by atoms with Crippen molar-refractivity contribution in [2.24, 2.45) is 0 Å². The Labute approximate surface area is 137 Å². The number of ether oxygens (including phenoxy) is 2. The summed E-state index contributed by atoms with van der Waals surface area (Å²) in [6.07, 6.45) is 2.90. The molecule has 4 nitrogen and oxygen atoms in total. The first-order valence-electron chi connectivity index (χ1n) is 6.89. The highest BCUT2D eigenvalue weighted by atomic mass is 19.3. The van der Waals surface area contributed by atoms with Crippen LogP contribution < -0.4 is 9.47 Å². The summed E-state index contributed by atoms with van der Waals surface area (Å²) < 4.78 is 33.8. The van der Waals surface area contributed by atoms with E-state index < -0.39 is 6.61 Å². The van der Waals surface area contributed by atoms with Gasteiger partial charge < -0.3 is 9.47 Å². The summed E-state index contributed by atoms with van der Waals surface area (Å²) in [4.78, 5) is 12.2. The third-order valence-electron chi connectivity index (χ3n) is 3.11. The van der Waals surface area contributed by atoms with E-state index in [1.54, 1.807) is 30.3 Å². The van der Waals surface area contributed by atoms with Crippen molar-refractivity contribution in [2.45, 2.75) is 6.61 Å². The second kappa shape index (κ2) is 7.88. The van der Waals surface area contributed by atoms with Crippen LogP contribution in [0.2, 0.25) is 0 Å². The Morgan fingerprint density at radius 3 is 2.67 bits per heavy atom. The average molecular weight is 329 g/mol. The van der Waals surface area contributed by atoms with Gasteiger partial charge >= 0.3 is 6.61 Å². The van der Waals surface area contributed by atoms with Gasteiger partial charge in [-0.15, -0.1) is 0 Å². The van der Waals surface area contributed by atoms with E-state index in [4.69, 9.17) is 10.00 Å². The van der Waals surface area contributed by atoms with Gasteiger partial charge in [0.05, 0.1) is 18.7 Å². The van der Waals surface area contributed by atoms with E-state index in [2.05, 4.69) is 4.74 Å². The number of hydrogen-bond donors (Lipinski definition) is 0. The molecule has 2 aromatic rings. The predicted molar refractivity (Wildman–Crippen MR) is 84.1 cm³/mol. The van der Waals surface area contributed by atoms with Crippen molar-refractivity contribution in [1.82, 2.24) is 0 Å². The average Bonchev–Trinajstić information content (AvgIpc) is 2.59. The van der Waals surface area contributed by atoms with Gasteiger partial charge in [0.25, 0.3) is 0 Å². The number of alkyl halides is 2. The highest BCUT2D eigenvalue weighted by Gasteiger charge is 2.13. The summed E-state index contributed by atoms with van der Waals surface area (Å²) in [6, 6.07) is 12.7. The van der Waals surface area contributed by atoms with Crippen molar-refractivity contribution < 1.29 is 23.0 Å². The topological polar surface area (TPSA) is 59.3 Å². The number of carbonyl (C=O) groups is 1. The monoisotopic (exact) mass is 329 g/mol. The fourth-order valence-corrected chi connectivity index (χ4v) is 1.99. The van der Waals surface area contributed by atoms with E-state index in [9.17, 15) is 13.6 Å². The fraction of sp³-hybridized carbons (Fsp3) is 0.111. The molecule has 0 saturated heterocycles. The molecule has 6 heteroatoms. The van der Waals surface area contributed by atoms with Gasteiger partial charge in [-0.25, -0.2) is 0 Å². The SMILES string of the molecule is COc1cc(C(=O)/C=C/c2cccc(C#N)c2)ccc1OC(F)F. The lowest BCUT2D eigenvalue weighted by Gasteiger charge is -2.10. The van der Waals surface area contributed by atoms with Crippen LogP contribution in [0.3, 0.4) is 0 Å². The molecule has 2 aromatic carbocycles. The zero-order valence-corrected chi connectivity index (χ0v) is 12.7. The largest absolute Gasteiger partial charge is 0.493 e.